The van der Waals surface area contributed by atoms with E-state index in [0.717, 1.165) is 32.0 Å². The molecular weight excluding hydrogens is 689 g/mol. The molecule has 0 spiro atoms. The Bertz CT molecular complexity index is 1810. The first-order valence-electron chi connectivity index (χ1n) is 15.1. The molecule has 0 saturated carbocycles. The molecule has 1 N–H and O–H groups in total. The van der Waals surface area contributed by atoms with Crippen molar-refractivity contribution in [2.24, 2.45) is 0 Å². The van der Waals surface area contributed by atoms with E-state index >= 15 is 0 Å². The first-order valence-corrected chi connectivity index (χ1v) is 17.3. The van der Waals surface area contributed by atoms with Crippen molar-refractivity contribution in [1.82, 2.24) is 10.2 Å². The third kappa shape index (κ3) is 8.49. The van der Waals surface area contributed by atoms with Crippen LogP contribution in [0.25, 0.3) is 0 Å². The van der Waals surface area contributed by atoms with Gasteiger partial charge in [-0.15, -0.1) is 0 Å². The van der Waals surface area contributed by atoms with Crippen LogP contribution in [0.15, 0.2) is 106 Å². The average Bonchev–Trinajstić information content (AvgIpc) is 3.06. The highest BCUT2D eigenvalue weighted by Gasteiger charge is 2.35. The van der Waals surface area contributed by atoms with Gasteiger partial charge in [0, 0.05) is 29.5 Å². The van der Waals surface area contributed by atoms with Crippen molar-refractivity contribution >= 4 is 43.5 Å². The molecule has 0 fully saturated rings. The highest BCUT2D eigenvalue weighted by molar-refractivity contribution is 9.10. The average molecular weight is 725 g/mol. The zero-order valence-electron chi connectivity index (χ0n) is 25.9. The summed E-state index contributed by atoms with van der Waals surface area (Å²) < 4.78 is 55.5. The van der Waals surface area contributed by atoms with Gasteiger partial charge in [-0.25, -0.2) is 12.8 Å². The number of rotatable bonds is 12. The van der Waals surface area contributed by atoms with E-state index in [9.17, 15) is 22.4 Å². The molecule has 0 bridgehead atoms. The predicted octanol–water partition coefficient (Wildman–Crippen LogP) is 5.72. The Morgan fingerprint density at radius 1 is 0.872 bits per heavy atom. The number of carbonyl (C=O) groups excluding carboxylic acids is 2. The summed E-state index contributed by atoms with van der Waals surface area (Å²) in [5.41, 5.74) is 1.63. The standard InChI is InChI=1S/C35H35BrFN3O6S/c1-24(2)38-35(42)31(20-25-6-4-3-5-7-25)39(22-26-8-10-27(36)11-9-26)34(41)23-40(29-14-12-28(37)13-15-29)47(43,44)30-16-17-32-33(21-30)46-19-18-45-32/h3-17,21,24,31H,18-20,22-23H2,1-2H3,(H,38,42)/t31-/m0/s1. The van der Waals surface area contributed by atoms with Gasteiger partial charge >= 0.3 is 0 Å². The summed E-state index contributed by atoms with van der Waals surface area (Å²) >= 11 is 3.43. The fourth-order valence-electron chi connectivity index (χ4n) is 5.17. The number of anilines is 1. The molecule has 4 aromatic carbocycles. The van der Waals surface area contributed by atoms with Crippen molar-refractivity contribution < 1.29 is 31.9 Å². The second-order valence-electron chi connectivity index (χ2n) is 11.3. The number of fused-ring (bicyclic) bond motifs is 1. The zero-order chi connectivity index (χ0) is 33.6. The van der Waals surface area contributed by atoms with Gasteiger partial charge in [-0.1, -0.05) is 58.4 Å². The maximum atomic E-state index is 14.5. The van der Waals surface area contributed by atoms with Crippen molar-refractivity contribution in [2.45, 2.75) is 43.8 Å². The number of sulfonamides is 1. The summed E-state index contributed by atoms with van der Waals surface area (Å²) in [6.07, 6.45) is 0.188. The molecule has 246 valence electrons. The summed E-state index contributed by atoms with van der Waals surface area (Å²) in [6.45, 7) is 3.60. The molecular formula is C35H35BrFN3O6S. The van der Waals surface area contributed by atoms with Crippen LogP contribution < -0.4 is 19.1 Å². The van der Waals surface area contributed by atoms with E-state index < -0.39 is 34.3 Å². The fraction of sp³-hybridized carbons (Fsp3) is 0.257. The summed E-state index contributed by atoms with van der Waals surface area (Å²) in [6, 6.07) is 24.5. The molecule has 2 amide bonds. The molecule has 12 heteroatoms. The number of amides is 2. The Balaban J connectivity index is 1.57. The Labute approximate surface area is 282 Å². The number of carbonyl (C=O) groups is 2. The molecule has 47 heavy (non-hydrogen) atoms. The van der Waals surface area contributed by atoms with E-state index in [0.29, 0.717) is 12.4 Å². The molecule has 4 aromatic rings. The van der Waals surface area contributed by atoms with Crippen molar-refractivity contribution in [1.29, 1.82) is 0 Å². The van der Waals surface area contributed by atoms with Crippen LogP contribution in [0, 0.1) is 5.82 Å². The summed E-state index contributed by atoms with van der Waals surface area (Å²) in [5, 5.41) is 2.93. The van der Waals surface area contributed by atoms with Gasteiger partial charge in [-0.3, -0.25) is 13.9 Å². The summed E-state index contributed by atoms with van der Waals surface area (Å²) in [4.78, 5) is 29.6. The third-order valence-electron chi connectivity index (χ3n) is 7.46. The number of halogens is 2. The largest absolute Gasteiger partial charge is 0.486 e. The lowest BCUT2D eigenvalue weighted by Gasteiger charge is -2.34. The molecule has 0 unspecified atom stereocenters. The zero-order valence-corrected chi connectivity index (χ0v) is 28.3. The first-order chi connectivity index (χ1) is 22.5. The van der Waals surface area contributed by atoms with E-state index in [1.165, 1.54) is 35.2 Å². The second-order valence-corrected chi connectivity index (χ2v) is 14.1. The van der Waals surface area contributed by atoms with Crippen LogP contribution in [0.4, 0.5) is 10.1 Å². The highest BCUT2D eigenvalue weighted by atomic mass is 79.9. The van der Waals surface area contributed by atoms with Crippen LogP contribution >= 0.6 is 15.9 Å². The van der Waals surface area contributed by atoms with Gasteiger partial charge in [0.25, 0.3) is 10.0 Å². The van der Waals surface area contributed by atoms with Crippen LogP contribution in [-0.2, 0) is 32.6 Å². The van der Waals surface area contributed by atoms with E-state index in [-0.39, 0.29) is 47.9 Å². The van der Waals surface area contributed by atoms with E-state index in [1.54, 1.807) is 0 Å². The maximum Gasteiger partial charge on any atom is 0.264 e. The molecule has 1 atom stereocenters. The molecule has 0 saturated heterocycles. The van der Waals surface area contributed by atoms with Crippen LogP contribution in [0.3, 0.4) is 0 Å². The number of hydrogen-bond donors (Lipinski definition) is 1. The number of benzene rings is 4. The van der Waals surface area contributed by atoms with E-state index in [4.69, 9.17) is 9.47 Å². The minimum absolute atomic E-state index is 0.0243. The van der Waals surface area contributed by atoms with Gasteiger partial charge in [-0.2, -0.15) is 0 Å². The van der Waals surface area contributed by atoms with Crippen molar-refractivity contribution in [3.8, 4) is 11.5 Å². The van der Waals surface area contributed by atoms with Gasteiger partial charge < -0.3 is 19.7 Å². The fourth-order valence-corrected chi connectivity index (χ4v) is 6.86. The second kappa shape index (κ2) is 15.0. The monoisotopic (exact) mass is 723 g/mol. The van der Waals surface area contributed by atoms with E-state index in [2.05, 4.69) is 21.2 Å². The summed E-state index contributed by atoms with van der Waals surface area (Å²) in [7, 11) is -4.41. The Morgan fingerprint density at radius 3 is 2.19 bits per heavy atom. The lowest BCUT2D eigenvalue weighted by Crippen LogP contribution is -2.54. The Kier molecular flexibility index (Phi) is 10.8. The predicted molar refractivity (Wildman–Crippen MR) is 180 cm³/mol. The topological polar surface area (TPSA) is 105 Å². The first kappa shape index (κ1) is 33.9. The molecule has 5 rings (SSSR count). The van der Waals surface area contributed by atoms with Gasteiger partial charge in [0.15, 0.2) is 11.5 Å². The molecule has 1 aliphatic heterocycles. The molecule has 0 aromatic heterocycles. The SMILES string of the molecule is CC(C)NC(=O)[C@H](Cc1ccccc1)N(Cc1ccc(Br)cc1)C(=O)CN(c1ccc(F)cc1)S(=O)(=O)c1ccc2c(c1)OCCO2. The minimum Gasteiger partial charge on any atom is -0.486 e. The molecule has 9 nitrogen and oxygen atoms in total. The Morgan fingerprint density at radius 2 is 1.53 bits per heavy atom. The lowest BCUT2D eigenvalue weighted by molar-refractivity contribution is -0.140. The quantitative estimate of drug-likeness (QED) is 0.201. The minimum atomic E-state index is -4.41. The van der Waals surface area contributed by atoms with Gasteiger partial charge in [0.05, 0.1) is 10.6 Å². The van der Waals surface area contributed by atoms with Crippen molar-refractivity contribution in [2.75, 3.05) is 24.1 Å². The van der Waals surface area contributed by atoms with Crippen molar-refractivity contribution in [3.63, 3.8) is 0 Å². The van der Waals surface area contributed by atoms with Crippen molar-refractivity contribution in [3.05, 3.63) is 118 Å². The molecule has 1 aliphatic rings. The summed E-state index contributed by atoms with van der Waals surface area (Å²) in [5.74, 6) is -0.912. The maximum absolute atomic E-state index is 14.5. The van der Waals surface area contributed by atoms with Crippen LogP contribution in [-0.4, -0.2) is 57.0 Å². The van der Waals surface area contributed by atoms with Crippen LogP contribution in [0.5, 0.6) is 11.5 Å². The lowest BCUT2D eigenvalue weighted by atomic mass is 10.0. The van der Waals surface area contributed by atoms with E-state index in [1.807, 2.05) is 68.4 Å². The van der Waals surface area contributed by atoms with Crippen LogP contribution in [0.2, 0.25) is 0 Å². The molecule has 0 aliphatic carbocycles. The normalized spacial score (nSPS) is 13.1. The number of nitrogens with one attached hydrogen (secondary N) is 1. The molecule has 0 radical (unpaired) electrons. The van der Waals surface area contributed by atoms with Gasteiger partial charge in [0.1, 0.15) is 31.6 Å². The van der Waals surface area contributed by atoms with Crippen LogP contribution in [0.1, 0.15) is 25.0 Å². The smallest absolute Gasteiger partial charge is 0.264 e. The Hall–Kier alpha value is -4.42. The molecule has 1 heterocycles. The number of hydrogen-bond acceptors (Lipinski definition) is 6. The number of ether oxygens (including phenoxy) is 2. The highest BCUT2D eigenvalue weighted by Crippen LogP contribution is 2.34. The van der Waals surface area contributed by atoms with Gasteiger partial charge in [-0.05, 0) is 73.5 Å². The number of nitrogens with zero attached hydrogens (tertiary/aromatic N) is 2. The third-order valence-corrected chi connectivity index (χ3v) is 9.76. The van der Waals surface area contributed by atoms with Gasteiger partial charge in [0.2, 0.25) is 11.8 Å².